The summed E-state index contributed by atoms with van der Waals surface area (Å²) >= 11 is 0. The molecule has 2 aromatic rings. The maximum atomic E-state index is 13.3. The molecule has 1 aliphatic heterocycles. The maximum Gasteiger partial charge on any atom is 0.354 e. The van der Waals surface area contributed by atoms with Gasteiger partial charge in [0.05, 0.1) is 5.69 Å². The van der Waals surface area contributed by atoms with E-state index in [1.807, 2.05) is 0 Å². The third-order valence-electron chi connectivity index (χ3n) is 3.57. The van der Waals surface area contributed by atoms with Gasteiger partial charge in [-0.25, -0.2) is 18.6 Å². The molecule has 0 aliphatic carbocycles. The number of carboxylic acids is 1. The van der Waals surface area contributed by atoms with Crippen LogP contribution in [0.15, 0.2) is 24.8 Å². The van der Waals surface area contributed by atoms with Crippen LogP contribution in [-0.2, 0) is 0 Å². The number of hydrogen-bond donors (Lipinski definition) is 1. The van der Waals surface area contributed by atoms with Gasteiger partial charge in [-0.2, -0.15) is 0 Å². The summed E-state index contributed by atoms with van der Waals surface area (Å²) in [6.07, 6.45) is 2.32. The molecule has 116 valence electrons. The Morgan fingerprint density at radius 3 is 2.41 bits per heavy atom. The highest BCUT2D eigenvalue weighted by atomic mass is 19.3. The third kappa shape index (κ3) is 2.74. The summed E-state index contributed by atoms with van der Waals surface area (Å²) in [5, 5.41) is 16.5. The fraction of sp³-hybridized carbons (Fsp3) is 0.385. The molecule has 0 aromatic carbocycles. The van der Waals surface area contributed by atoms with Crippen molar-refractivity contribution in [2.75, 3.05) is 18.0 Å². The van der Waals surface area contributed by atoms with Gasteiger partial charge < -0.3 is 10.0 Å². The molecule has 1 saturated heterocycles. The van der Waals surface area contributed by atoms with E-state index in [0.29, 0.717) is 11.5 Å². The average Bonchev–Trinajstić information content (AvgIpc) is 3.00. The van der Waals surface area contributed by atoms with Crippen molar-refractivity contribution in [3.05, 3.63) is 30.5 Å². The Balaban J connectivity index is 2.00. The maximum absolute atomic E-state index is 13.3. The van der Waals surface area contributed by atoms with Crippen molar-refractivity contribution in [1.29, 1.82) is 0 Å². The van der Waals surface area contributed by atoms with E-state index in [9.17, 15) is 13.6 Å². The van der Waals surface area contributed by atoms with Crippen molar-refractivity contribution < 1.29 is 18.7 Å². The van der Waals surface area contributed by atoms with Crippen molar-refractivity contribution in [2.45, 2.75) is 18.8 Å². The van der Waals surface area contributed by atoms with Gasteiger partial charge in [0.25, 0.3) is 5.92 Å². The first-order valence-corrected chi connectivity index (χ1v) is 6.68. The predicted octanol–water partition coefficient (Wildman–Crippen LogP) is 1.60. The SMILES string of the molecule is O=C(O)c1ccc(-n2cnnc2)c(N2CCC(F)(F)CC2)n1. The van der Waals surface area contributed by atoms with Crippen LogP contribution in [0.3, 0.4) is 0 Å². The Morgan fingerprint density at radius 2 is 1.82 bits per heavy atom. The Labute approximate surface area is 124 Å². The monoisotopic (exact) mass is 309 g/mol. The first-order valence-electron chi connectivity index (χ1n) is 6.68. The number of rotatable bonds is 3. The molecule has 3 heterocycles. The van der Waals surface area contributed by atoms with E-state index in [2.05, 4.69) is 15.2 Å². The van der Waals surface area contributed by atoms with E-state index in [-0.39, 0.29) is 31.6 Å². The van der Waals surface area contributed by atoms with Gasteiger partial charge in [0.15, 0.2) is 11.5 Å². The zero-order valence-corrected chi connectivity index (χ0v) is 11.5. The van der Waals surface area contributed by atoms with Crippen molar-refractivity contribution in [1.82, 2.24) is 19.7 Å². The van der Waals surface area contributed by atoms with E-state index in [0.717, 1.165) is 0 Å². The minimum absolute atomic E-state index is 0.109. The van der Waals surface area contributed by atoms with E-state index in [4.69, 9.17) is 5.11 Å². The van der Waals surface area contributed by atoms with E-state index in [1.165, 1.54) is 18.7 Å². The number of aromatic carboxylic acids is 1. The Morgan fingerprint density at radius 1 is 1.18 bits per heavy atom. The number of carbonyl (C=O) groups is 1. The van der Waals surface area contributed by atoms with Crippen LogP contribution in [0.25, 0.3) is 5.69 Å². The molecule has 1 aliphatic rings. The van der Waals surface area contributed by atoms with E-state index >= 15 is 0 Å². The normalized spacial score (nSPS) is 17.5. The molecule has 1 fully saturated rings. The van der Waals surface area contributed by atoms with Gasteiger partial charge in [-0.05, 0) is 12.1 Å². The highest BCUT2D eigenvalue weighted by molar-refractivity contribution is 5.86. The fourth-order valence-electron chi connectivity index (χ4n) is 2.37. The van der Waals surface area contributed by atoms with Gasteiger partial charge in [-0.3, -0.25) is 4.57 Å². The number of pyridine rings is 1. The quantitative estimate of drug-likeness (QED) is 0.927. The lowest BCUT2D eigenvalue weighted by molar-refractivity contribution is -0.0221. The van der Waals surface area contributed by atoms with E-state index in [1.54, 1.807) is 15.5 Å². The molecule has 0 amide bonds. The fourth-order valence-corrected chi connectivity index (χ4v) is 2.37. The summed E-state index contributed by atoms with van der Waals surface area (Å²) in [5.41, 5.74) is 0.421. The third-order valence-corrected chi connectivity index (χ3v) is 3.57. The molecule has 22 heavy (non-hydrogen) atoms. The number of carboxylic acid groups (broad SMARTS) is 1. The summed E-state index contributed by atoms with van der Waals surface area (Å²) in [5.74, 6) is -3.51. The zero-order valence-electron chi connectivity index (χ0n) is 11.5. The number of nitrogens with zero attached hydrogens (tertiary/aromatic N) is 5. The second kappa shape index (κ2) is 5.32. The second-order valence-electron chi connectivity index (χ2n) is 5.06. The van der Waals surface area contributed by atoms with Crippen molar-refractivity contribution in [3.63, 3.8) is 0 Å². The van der Waals surface area contributed by atoms with Gasteiger partial charge in [0.1, 0.15) is 12.7 Å². The average molecular weight is 309 g/mol. The van der Waals surface area contributed by atoms with Crippen molar-refractivity contribution >= 4 is 11.8 Å². The molecule has 0 spiro atoms. The van der Waals surface area contributed by atoms with E-state index < -0.39 is 11.9 Å². The van der Waals surface area contributed by atoms with Gasteiger partial charge in [0, 0.05) is 25.9 Å². The Hall–Kier alpha value is -2.58. The minimum atomic E-state index is -2.68. The summed E-state index contributed by atoms with van der Waals surface area (Å²) in [4.78, 5) is 16.9. The number of alkyl halides is 2. The lowest BCUT2D eigenvalue weighted by atomic mass is 10.1. The highest BCUT2D eigenvalue weighted by Crippen LogP contribution is 2.32. The molecule has 2 aromatic heterocycles. The van der Waals surface area contributed by atoms with Crippen LogP contribution < -0.4 is 4.90 Å². The van der Waals surface area contributed by atoms with Gasteiger partial charge >= 0.3 is 5.97 Å². The molecular formula is C13H13F2N5O2. The first kappa shape index (κ1) is 14.4. The van der Waals surface area contributed by atoms with Crippen molar-refractivity contribution in [3.8, 4) is 5.69 Å². The minimum Gasteiger partial charge on any atom is -0.477 e. The molecular weight excluding hydrogens is 296 g/mol. The number of piperidine rings is 1. The summed E-state index contributed by atoms with van der Waals surface area (Å²) in [7, 11) is 0. The highest BCUT2D eigenvalue weighted by Gasteiger charge is 2.35. The molecule has 9 heteroatoms. The molecule has 0 unspecified atom stereocenters. The molecule has 0 bridgehead atoms. The molecule has 1 N–H and O–H groups in total. The van der Waals surface area contributed by atoms with Gasteiger partial charge in [-0.1, -0.05) is 0 Å². The van der Waals surface area contributed by atoms with Crippen LogP contribution in [0.5, 0.6) is 0 Å². The Bertz CT molecular complexity index is 680. The summed E-state index contributed by atoms with van der Waals surface area (Å²) in [6.45, 7) is 0.219. The number of anilines is 1. The smallest absolute Gasteiger partial charge is 0.354 e. The lowest BCUT2D eigenvalue weighted by Gasteiger charge is -2.33. The summed E-state index contributed by atoms with van der Waals surface area (Å²) < 4.78 is 28.2. The van der Waals surface area contributed by atoms with Crippen LogP contribution in [0.2, 0.25) is 0 Å². The number of hydrogen-bond acceptors (Lipinski definition) is 5. The molecule has 7 nitrogen and oxygen atoms in total. The van der Waals surface area contributed by atoms with Gasteiger partial charge in [-0.15, -0.1) is 10.2 Å². The topological polar surface area (TPSA) is 84.1 Å². The second-order valence-corrected chi connectivity index (χ2v) is 5.06. The Kier molecular flexibility index (Phi) is 3.47. The largest absolute Gasteiger partial charge is 0.477 e. The van der Waals surface area contributed by atoms with Crippen molar-refractivity contribution in [2.24, 2.45) is 0 Å². The predicted molar refractivity (Wildman–Crippen MR) is 72.5 cm³/mol. The van der Waals surface area contributed by atoms with Crippen LogP contribution in [0.4, 0.5) is 14.6 Å². The zero-order chi connectivity index (χ0) is 15.7. The molecule has 0 atom stereocenters. The van der Waals surface area contributed by atoms with Crippen LogP contribution in [-0.4, -0.2) is 49.8 Å². The van der Waals surface area contributed by atoms with Crippen LogP contribution >= 0.6 is 0 Å². The first-order chi connectivity index (χ1) is 10.5. The molecule has 3 rings (SSSR count). The standard InChI is InChI=1S/C13H13F2N5O2/c14-13(15)3-5-19(6-4-13)11-10(20-7-16-17-8-20)2-1-9(18-11)12(21)22/h1-2,7-8H,3-6H2,(H,21,22). The lowest BCUT2D eigenvalue weighted by Crippen LogP contribution is -2.40. The van der Waals surface area contributed by atoms with Crippen LogP contribution in [0, 0.1) is 0 Å². The molecule has 0 radical (unpaired) electrons. The number of halogens is 2. The van der Waals surface area contributed by atoms with Crippen LogP contribution in [0.1, 0.15) is 23.3 Å². The molecule has 0 saturated carbocycles. The number of aromatic nitrogens is 4. The summed E-state index contributed by atoms with van der Waals surface area (Å²) in [6, 6.07) is 2.93. The van der Waals surface area contributed by atoms with Gasteiger partial charge in [0.2, 0.25) is 0 Å².